The van der Waals surface area contributed by atoms with Crippen molar-refractivity contribution in [1.82, 2.24) is 5.32 Å². The Morgan fingerprint density at radius 1 is 1.06 bits per heavy atom. The number of hydrogen-bond acceptors (Lipinski definition) is 4. The second-order valence-corrected chi connectivity index (χ2v) is 7.79. The molecule has 0 aliphatic heterocycles. The maximum absolute atomic E-state index is 12.9. The van der Waals surface area contributed by atoms with Crippen molar-refractivity contribution >= 4 is 29.3 Å². The van der Waals surface area contributed by atoms with E-state index in [0.29, 0.717) is 24.1 Å². The van der Waals surface area contributed by atoms with Crippen molar-refractivity contribution in [2.24, 2.45) is 17.6 Å². The van der Waals surface area contributed by atoms with Crippen LogP contribution in [-0.4, -0.2) is 28.7 Å². The summed E-state index contributed by atoms with van der Waals surface area (Å²) >= 11 is 0. The van der Waals surface area contributed by atoms with Crippen LogP contribution in [0.1, 0.15) is 37.3 Å². The molecule has 3 atom stereocenters. The highest BCUT2D eigenvalue weighted by atomic mass is 16.4. The Kier molecular flexibility index (Phi) is 6.39. The number of nitrogens with one attached hydrogen (secondary N) is 3. The number of amides is 2. The third-order valence-corrected chi connectivity index (χ3v) is 5.67. The number of benzene rings is 2. The number of nitrogens with two attached hydrogens (primary N) is 1. The number of aliphatic carboxylic acids is 1. The summed E-state index contributed by atoms with van der Waals surface area (Å²) in [6.07, 6.45) is 0.567. The van der Waals surface area contributed by atoms with E-state index in [-0.39, 0.29) is 24.1 Å². The molecule has 3 unspecified atom stereocenters. The van der Waals surface area contributed by atoms with E-state index in [4.69, 9.17) is 11.1 Å². The van der Waals surface area contributed by atoms with Gasteiger partial charge in [-0.05, 0) is 42.7 Å². The number of amidine groups is 1. The SMILES string of the molecule is CCC(CC(=O)O)(NC(=O)C1CC1C(=O)Nc1ccc(C(=N)N)cc1)c1ccccc1. The Labute approximate surface area is 180 Å². The van der Waals surface area contributed by atoms with Crippen LogP contribution in [0, 0.1) is 17.2 Å². The second-order valence-electron chi connectivity index (χ2n) is 7.79. The summed E-state index contributed by atoms with van der Waals surface area (Å²) in [5, 5.41) is 22.5. The summed E-state index contributed by atoms with van der Waals surface area (Å²) < 4.78 is 0. The Morgan fingerprint density at radius 2 is 1.68 bits per heavy atom. The highest BCUT2D eigenvalue weighted by Crippen LogP contribution is 2.41. The standard InChI is InChI=1S/C23H26N4O4/c1-2-23(13-19(28)29,15-6-4-3-5-7-15)27-22(31)18-12-17(18)21(30)26-16-10-8-14(9-11-16)20(24)25/h3-11,17-18H,2,12-13H2,1H3,(H3,24,25)(H,26,30)(H,27,31)(H,28,29). The fourth-order valence-electron chi connectivity index (χ4n) is 3.72. The molecule has 3 rings (SSSR count). The number of carboxylic acid groups (broad SMARTS) is 1. The predicted molar refractivity (Wildman–Crippen MR) is 116 cm³/mol. The highest BCUT2D eigenvalue weighted by molar-refractivity contribution is 6.00. The molecule has 1 saturated carbocycles. The van der Waals surface area contributed by atoms with Crippen molar-refractivity contribution < 1.29 is 19.5 Å². The number of carbonyl (C=O) groups is 3. The first-order valence-electron chi connectivity index (χ1n) is 10.1. The molecule has 31 heavy (non-hydrogen) atoms. The maximum Gasteiger partial charge on any atom is 0.306 e. The van der Waals surface area contributed by atoms with Gasteiger partial charge in [0.1, 0.15) is 5.84 Å². The van der Waals surface area contributed by atoms with Gasteiger partial charge in [-0.3, -0.25) is 19.8 Å². The number of carbonyl (C=O) groups excluding carboxylic acids is 2. The van der Waals surface area contributed by atoms with Gasteiger partial charge in [-0.25, -0.2) is 0 Å². The highest BCUT2D eigenvalue weighted by Gasteiger charge is 2.50. The third-order valence-electron chi connectivity index (χ3n) is 5.67. The van der Waals surface area contributed by atoms with Crippen LogP contribution < -0.4 is 16.4 Å². The van der Waals surface area contributed by atoms with E-state index in [1.165, 1.54) is 0 Å². The molecule has 2 aromatic rings. The summed E-state index contributed by atoms with van der Waals surface area (Å²) in [4.78, 5) is 37.0. The zero-order valence-corrected chi connectivity index (χ0v) is 17.2. The maximum atomic E-state index is 12.9. The molecule has 2 aromatic carbocycles. The average Bonchev–Trinajstić information content (AvgIpc) is 3.55. The van der Waals surface area contributed by atoms with E-state index in [9.17, 15) is 19.5 Å². The number of rotatable bonds is 9. The minimum atomic E-state index is -1.03. The molecule has 0 radical (unpaired) electrons. The van der Waals surface area contributed by atoms with E-state index in [0.717, 1.165) is 5.56 Å². The molecule has 0 saturated heterocycles. The van der Waals surface area contributed by atoms with Gasteiger partial charge in [0.15, 0.2) is 0 Å². The molecule has 6 N–H and O–H groups in total. The molecule has 8 nitrogen and oxygen atoms in total. The van der Waals surface area contributed by atoms with Crippen LogP contribution in [-0.2, 0) is 19.9 Å². The third kappa shape index (κ3) is 5.09. The first kappa shape index (κ1) is 22.0. The molecule has 0 aromatic heterocycles. The number of nitrogen functional groups attached to an aromatic ring is 1. The summed E-state index contributed by atoms with van der Waals surface area (Å²) in [6.45, 7) is 1.83. The van der Waals surface area contributed by atoms with Crippen molar-refractivity contribution in [2.75, 3.05) is 5.32 Å². The zero-order chi connectivity index (χ0) is 22.6. The van der Waals surface area contributed by atoms with E-state index >= 15 is 0 Å². The molecule has 0 bridgehead atoms. The Bertz CT molecular complexity index is 990. The lowest BCUT2D eigenvalue weighted by atomic mass is 9.83. The van der Waals surface area contributed by atoms with Crippen LogP contribution in [0.25, 0.3) is 0 Å². The molecular weight excluding hydrogens is 396 g/mol. The largest absolute Gasteiger partial charge is 0.481 e. The summed E-state index contributed by atoms with van der Waals surface area (Å²) in [7, 11) is 0. The molecule has 1 aliphatic rings. The summed E-state index contributed by atoms with van der Waals surface area (Å²) in [5.74, 6) is -2.63. The normalized spacial score (nSPS) is 19.0. The number of carboxylic acids is 1. The van der Waals surface area contributed by atoms with Crippen LogP contribution in [0.3, 0.4) is 0 Å². The van der Waals surface area contributed by atoms with Gasteiger partial charge in [-0.2, -0.15) is 0 Å². The molecule has 162 valence electrons. The quantitative estimate of drug-likeness (QED) is 0.311. The van der Waals surface area contributed by atoms with E-state index in [2.05, 4.69) is 10.6 Å². The van der Waals surface area contributed by atoms with Crippen LogP contribution in [0.15, 0.2) is 54.6 Å². The molecule has 0 spiro atoms. The lowest BCUT2D eigenvalue weighted by Gasteiger charge is -2.33. The van der Waals surface area contributed by atoms with Gasteiger partial charge in [0.25, 0.3) is 0 Å². The first-order valence-corrected chi connectivity index (χ1v) is 10.1. The van der Waals surface area contributed by atoms with E-state index in [1.807, 2.05) is 13.0 Å². The summed E-state index contributed by atoms with van der Waals surface area (Å²) in [5.41, 5.74) is 6.22. The Hall–Kier alpha value is -3.68. The van der Waals surface area contributed by atoms with Gasteiger partial charge in [0.2, 0.25) is 11.8 Å². The van der Waals surface area contributed by atoms with Crippen molar-refractivity contribution in [3.63, 3.8) is 0 Å². The van der Waals surface area contributed by atoms with Crippen LogP contribution in [0.4, 0.5) is 5.69 Å². The fraction of sp³-hybridized carbons (Fsp3) is 0.304. The van der Waals surface area contributed by atoms with E-state index < -0.39 is 23.3 Å². The fourth-order valence-corrected chi connectivity index (χ4v) is 3.72. The molecule has 8 heteroatoms. The number of hydrogen-bond donors (Lipinski definition) is 5. The minimum Gasteiger partial charge on any atom is -0.481 e. The lowest BCUT2D eigenvalue weighted by Crippen LogP contribution is -2.48. The molecule has 0 heterocycles. The van der Waals surface area contributed by atoms with Gasteiger partial charge >= 0.3 is 5.97 Å². The molecule has 1 aliphatic carbocycles. The lowest BCUT2D eigenvalue weighted by molar-refractivity contribution is -0.139. The predicted octanol–water partition coefficient (Wildman–Crippen LogP) is 2.44. The van der Waals surface area contributed by atoms with E-state index in [1.54, 1.807) is 48.5 Å². The van der Waals surface area contributed by atoms with Crippen molar-refractivity contribution in [2.45, 2.75) is 31.7 Å². The van der Waals surface area contributed by atoms with Gasteiger partial charge in [-0.1, -0.05) is 37.3 Å². The Morgan fingerprint density at radius 3 is 2.23 bits per heavy atom. The minimum absolute atomic E-state index is 0.0593. The van der Waals surface area contributed by atoms with Crippen molar-refractivity contribution in [3.8, 4) is 0 Å². The molecule has 2 amide bonds. The van der Waals surface area contributed by atoms with Crippen molar-refractivity contribution in [3.05, 3.63) is 65.7 Å². The van der Waals surface area contributed by atoms with Gasteiger partial charge in [0.05, 0.1) is 23.8 Å². The van der Waals surface area contributed by atoms with Gasteiger partial charge < -0.3 is 21.5 Å². The first-order chi connectivity index (χ1) is 14.8. The van der Waals surface area contributed by atoms with Crippen LogP contribution >= 0.6 is 0 Å². The van der Waals surface area contributed by atoms with Crippen LogP contribution in [0.2, 0.25) is 0 Å². The monoisotopic (exact) mass is 422 g/mol. The topological polar surface area (TPSA) is 145 Å². The smallest absolute Gasteiger partial charge is 0.306 e. The number of anilines is 1. The second kappa shape index (κ2) is 8.99. The molecule has 1 fully saturated rings. The van der Waals surface area contributed by atoms with Crippen LogP contribution in [0.5, 0.6) is 0 Å². The average molecular weight is 422 g/mol. The molecular formula is C23H26N4O4. The van der Waals surface area contributed by atoms with Gasteiger partial charge in [-0.15, -0.1) is 0 Å². The van der Waals surface area contributed by atoms with Gasteiger partial charge in [0, 0.05) is 11.3 Å². The Balaban J connectivity index is 1.66. The summed E-state index contributed by atoms with van der Waals surface area (Å²) in [6, 6.07) is 15.6. The zero-order valence-electron chi connectivity index (χ0n) is 17.2. The van der Waals surface area contributed by atoms with Crippen molar-refractivity contribution in [1.29, 1.82) is 5.41 Å².